The summed E-state index contributed by atoms with van der Waals surface area (Å²) in [5.41, 5.74) is 0. The fourth-order valence-corrected chi connectivity index (χ4v) is 4.45. The number of methoxy groups -OCH3 is 1. The summed E-state index contributed by atoms with van der Waals surface area (Å²) in [6.45, 7) is 4.90. The van der Waals surface area contributed by atoms with Crippen LogP contribution in [0.25, 0.3) is 0 Å². The summed E-state index contributed by atoms with van der Waals surface area (Å²) < 4.78 is 21.3. The molecular formula is C19H39Cl3O4Si. The molecule has 0 saturated carbocycles. The van der Waals surface area contributed by atoms with Gasteiger partial charge in [0.2, 0.25) is 0 Å². The molecule has 0 aromatic carbocycles. The average Bonchev–Trinajstić information content (AvgIpc) is 2.62. The van der Waals surface area contributed by atoms with Crippen molar-refractivity contribution in [3.05, 3.63) is 0 Å². The van der Waals surface area contributed by atoms with E-state index in [-0.39, 0.29) is 0 Å². The Balaban J connectivity index is 3.01. The van der Waals surface area contributed by atoms with Gasteiger partial charge in [-0.3, -0.25) is 0 Å². The van der Waals surface area contributed by atoms with Crippen LogP contribution in [0.3, 0.4) is 0 Å². The lowest BCUT2D eigenvalue weighted by Gasteiger charge is -2.07. The van der Waals surface area contributed by atoms with Crippen LogP contribution < -0.4 is 0 Å². The van der Waals surface area contributed by atoms with Crippen molar-refractivity contribution in [2.24, 2.45) is 0 Å². The van der Waals surface area contributed by atoms with E-state index >= 15 is 0 Å². The van der Waals surface area contributed by atoms with Gasteiger partial charge in [-0.15, -0.1) is 33.2 Å². The lowest BCUT2D eigenvalue weighted by atomic mass is 10.1. The maximum absolute atomic E-state index is 5.87. The Morgan fingerprint density at radius 2 is 0.889 bits per heavy atom. The second-order valence-corrected chi connectivity index (χ2v) is 16.0. The first-order valence-electron chi connectivity index (χ1n) is 10.3. The molecule has 0 spiro atoms. The molecule has 0 aliphatic heterocycles. The van der Waals surface area contributed by atoms with Crippen LogP contribution in [-0.2, 0) is 18.9 Å². The van der Waals surface area contributed by atoms with Gasteiger partial charge in [0.25, 0.3) is 0 Å². The maximum atomic E-state index is 5.87. The maximum Gasteiger partial charge on any atom is 0.341 e. The van der Waals surface area contributed by atoms with Crippen LogP contribution in [0.2, 0.25) is 6.04 Å². The van der Waals surface area contributed by atoms with Crippen molar-refractivity contribution in [1.82, 2.24) is 0 Å². The molecule has 0 rings (SSSR count). The zero-order chi connectivity index (χ0) is 20.1. The molecule has 0 N–H and O–H groups in total. The third kappa shape index (κ3) is 26.9. The van der Waals surface area contributed by atoms with E-state index in [1.165, 1.54) is 44.9 Å². The highest BCUT2D eigenvalue weighted by atomic mass is 35.8. The van der Waals surface area contributed by atoms with Gasteiger partial charge < -0.3 is 18.9 Å². The smallest absolute Gasteiger partial charge is 0.341 e. The molecule has 0 aromatic rings. The van der Waals surface area contributed by atoms with Crippen molar-refractivity contribution in [3.63, 3.8) is 0 Å². The fraction of sp³-hybridized carbons (Fsp3) is 1.00. The minimum atomic E-state index is -2.38. The van der Waals surface area contributed by atoms with Crippen LogP contribution >= 0.6 is 33.2 Å². The highest BCUT2D eigenvalue weighted by Crippen LogP contribution is 2.27. The number of unbranched alkanes of at least 4 members (excludes halogenated alkanes) is 8. The van der Waals surface area contributed by atoms with E-state index in [2.05, 4.69) is 0 Å². The van der Waals surface area contributed by atoms with Gasteiger partial charge in [-0.25, -0.2) is 0 Å². The highest BCUT2D eigenvalue weighted by molar-refractivity contribution is 7.64. The van der Waals surface area contributed by atoms with Crippen LogP contribution in [-0.4, -0.2) is 59.4 Å². The Labute approximate surface area is 181 Å². The van der Waals surface area contributed by atoms with Crippen molar-refractivity contribution in [3.8, 4) is 0 Å². The van der Waals surface area contributed by atoms with E-state index in [9.17, 15) is 0 Å². The first-order chi connectivity index (χ1) is 13.1. The molecule has 0 radical (unpaired) electrons. The number of halogens is 3. The zero-order valence-corrected chi connectivity index (χ0v) is 20.3. The van der Waals surface area contributed by atoms with Crippen LogP contribution in [0, 0.1) is 0 Å². The summed E-state index contributed by atoms with van der Waals surface area (Å²) in [4.78, 5) is 0. The minimum absolute atomic E-state index is 0.626. The monoisotopic (exact) mass is 464 g/mol. The topological polar surface area (TPSA) is 36.9 Å². The summed E-state index contributed by atoms with van der Waals surface area (Å²) in [5.74, 6) is 0. The van der Waals surface area contributed by atoms with Crippen molar-refractivity contribution < 1.29 is 18.9 Å². The average molecular weight is 466 g/mol. The molecule has 0 amide bonds. The Morgan fingerprint density at radius 3 is 1.44 bits per heavy atom. The van der Waals surface area contributed by atoms with Crippen LogP contribution in [0.1, 0.15) is 64.2 Å². The molecular weight excluding hydrogens is 427 g/mol. The zero-order valence-electron chi connectivity index (χ0n) is 17.0. The number of hydrogen-bond acceptors (Lipinski definition) is 4. The summed E-state index contributed by atoms with van der Waals surface area (Å²) in [6.07, 6.45) is 12.1. The Hall–Kier alpha value is 0.927. The van der Waals surface area contributed by atoms with E-state index < -0.39 is 6.00 Å². The second-order valence-electron chi connectivity index (χ2n) is 6.73. The number of hydrogen-bond donors (Lipinski definition) is 0. The third-order valence-electron chi connectivity index (χ3n) is 4.13. The first-order valence-corrected chi connectivity index (χ1v) is 15.6. The van der Waals surface area contributed by atoms with Gasteiger partial charge in [-0.1, -0.05) is 51.4 Å². The molecule has 0 aliphatic carbocycles. The standard InChI is InChI=1S/C19H39Cl3O4Si/c1-23-15-16-26-18-17-25-14-11-13-24-12-9-7-5-3-2-4-6-8-10-19-27(20,21)22/h2-19H2,1H3. The highest BCUT2D eigenvalue weighted by Gasteiger charge is 2.23. The molecule has 0 atom stereocenters. The van der Waals surface area contributed by atoms with Gasteiger partial charge >= 0.3 is 6.00 Å². The minimum Gasteiger partial charge on any atom is -0.382 e. The van der Waals surface area contributed by atoms with E-state index in [0.717, 1.165) is 45.1 Å². The molecule has 27 heavy (non-hydrogen) atoms. The van der Waals surface area contributed by atoms with E-state index in [1.54, 1.807) is 7.11 Å². The van der Waals surface area contributed by atoms with Crippen LogP contribution in [0.4, 0.5) is 0 Å². The lowest BCUT2D eigenvalue weighted by molar-refractivity contribution is 0.0181. The molecule has 0 aliphatic rings. The van der Waals surface area contributed by atoms with Crippen LogP contribution in [0.15, 0.2) is 0 Å². The third-order valence-corrected chi connectivity index (χ3v) is 6.75. The Bertz CT molecular complexity index is 295. The summed E-state index contributed by atoms with van der Waals surface area (Å²) in [6, 6.07) is -1.58. The van der Waals surface area contributed by atoms with Crippen molar-refractivity contribution in [1.29, 1.82) is 0 Å². The molecule has 0 saturated heterocycles. The fourth-order valence-electron chi connectivity index (χ4n) is 2.60. The van der Waals surface area contributed by atoms with Crippen LogP contribution in [0.5, 0.6) is 0 Å². The lowest BCUT2D eigenvalue weighted by Crippen LogP contribution is -2.09. The normalized spacial score (nSPS) is 12.0. The van der Waals surface area contributed by atoms with Gasteiger partial charge in [0.05, 0.1) is 26.4 Å². The quantitative estimate of drug-likeness (QED) is 0.108. The van der Waals surface area contributed by atoms with Crippen molar-refractivity contribution in [2.45, 2.75) is 70.3 Å². The molecule has 0 unspecified atom stereocenters. The van der Waals surface area contributed by atoms with E-state index in [4.69, 9.17) is 52.2 Å². The molecule has 4 nitrogen and oxygen atoms in total. The van der Waals surface area contributed by atoms with Gasteiger partial charge in [-0.2, -0.15) is 0 Å². The van der Waals surface area contributed by atoms with Crippen molar-refractivity contribution >= 4 is 39.2 Å². The number of ether oxygens (including phenoxy) is 4. The SMILES string of the molecule is COCCOCCOCCCOCCCCCCCCCCC[Si](Cl)(Cl)Cl. The van der Waals surface area contributed by atoms with E-state index in [1.807, 2.05) is 0 Å². The molecule has 164 valence electrons. The van der Waals surface area contributed by atoms with E-state index in [0.29, 0.717) is 26.4 Å². The predicted octanol–water partition coefficient (Wildman–Crippen LogP) is 6.24. The van der Waals surface area contributed by atoms with Gasteiger partial charge in [0.15, 0.2) is 0 Å². The molecule has 8 heteroatoms. The van der Waals surface area contributed by atoms with Crippen molar-refractivity contribution in [2.75, 3.05) is 53.4 Å². The Kier molecular flexibility index (Phi) is 22.4. The summed E-state index contributed by atoms with van der Waals surface area (Å²) in [7, 11) is 1.67. The summed E-state index contributed by atoms with van der Waals surface area (Å²) in [5, 5.41) is 0. The molecule has 0 bridgehead atoms. The molecule has 0 fully saturated rings. The molecule has 0 heterocycles. The van der Waals surface area contributed by atoms with Gasteiger partial charge in [0, 0.05) is 26.9 Å². The predicted molar refractivity (Wildman–Crippen MR) is 119 cm³/mol. The second kappa shape index (κ2) is 21.6. The number of rotatable bonds is 22. The molecule has 0 aromatic heterocycles. The first kappa shape index (κ1) is 27.9. The largest absolute Gasteiger partial charge is 0.382 e. The van der Waals surface area contributed by atoms with Gasteiger partial charge in [0.1, 0.15) is 0 Å². The Morgan fingerprint density at radius 1 is 0.481 bits per heavy atom. The van der Waals surface area contributed by atoms with Gasteiger partial charge in [-0.05, 0) is 18.9 Å². The summed E-state index contributed by atoms with van der Waals surface area (Å²) >= 11 is 17.6.